The van der Waals surface area contributed by atoms with Gasteiger partial charge in [0, 0.05) is 23.5 Å². The lowest BCUT2D eigenvalue weighted by molar-refractivity contribution is 0.231. The van der Waals surface area contributed by atoms with E-state index in [1.165, 1.54) is 0 Å². The van der Waals surface area contributed by atoms with Crippen LogP contribution in [0.4, 0.5) is 0 Å². The highest BCUT2D eigenvalue weighted by molar-refractivity contribution is 7.13. The molecule has 0 saturated heterocycles. The van der Waals surface area contributed by atoms with Gasteiger partial charge >= 0.3 is 0 Å². The van der Waals surface area contributed by atoms with E-state index in [2.05, 4.69) is 22.3 Å². The van der Waals surface area contributed by atoms with Crippen molar-refractivity contribution in [2.75, 3.05) is 20.2 Å². The highest BCUT2D eigenvalue weighted by atomic mass is 35.5. The molecule has 3 rings (SSSR count). The Morgan fingerprint density at radius 1 is 1.26 bits per heavy atom. The van der Waals surface area contributed by atoms with Gasteiger partial charge in [-0.1, -0.05) is 11.6 Å². The molecule has 0 aliphatic carbocycles. The van der Waals surface area contributed by atoms with Crippen LogP contribution in [0.15, 0.2) is 52.5 Å². The smallest absolute Gasteiger partial charge is 0.162 e. The molecule has 0 aliphatic rings. The second kappa shape index (κ2) is 7.64. The van der Waals surface area contributed by atoms with E-state index in [0.29, 0.717) is 11.6 Å². The fraction of sp³-hybridized carbons (Fsp3) is 0.235. The predicted molar refractivity (Wildman–Crippen MR) is 93.1 cm³/mol. The van der Waals surface area contributed by atoms with E-state index in [9.17, 15) is 0 Å². The van der Waals surface area contributed by atoms with Crippen LogP contribution >= 0.6 is 22.9 Å². The molecule has 0 spiro atoms. The number of aromatic nitrogens is 1. The second-order valence-corrected chi connectivity index (χ2v) is 6.46. The number of halogens is 1. The Balaban J connectivity index is 1.46. The van der Waals surface area contributed by atoms with Gasteiger partial charge in [-0.3, -0.25) is 4.90 Å². The lowest BCUT2D eigenvalue weighted by Crippen LogP contribution is -2.24. The van der Waals surface area contributed by atoms with E-state index < -0.39 is 0 Å². The van der Waals surface area contributed by atoms with Crippen LogP contribution in [0, 0.1) is 0 Å². The van der Waals surface area contributed by atoms with E-state index in [1.54, 1.807) is 17.6 Å². The lowest BCUT2D eigenvalue weighted by Gasteiger charge is -2.15. The zero-order chi connectivity index (χ0) is 16.1. The summed E-state index contributed by atoms with van der Waals surface area (Å²) >= 11 is 7.44. The Hall–Kier alpha value is -1.82. The van der Waals surface area contributed by atoms with Crippen LogP contribution in [0.1, 0.15) is 5.69 Å². The maximum absolute atomic E-state index is 5.85. The number of ether oxygens (including phenoxy) is 1. The summed E-state index contributed by atoms with van der Waals surface area (Å²) in [4.78, 5) is 6.77. The minimum absolute atomic E-state index is 0.618. The van der Waals surface area contributed by atoms with Gasteiger partial charge in [0.15, 0.2) is 10.8 Å². The van der Waals surface area contributed by atoms with Crippen LogP contribution in [-0.4, -0.2) is 30.1 Å². The predicted octanol–water partition coefficient (Wildman–Crippen LogP) is 4.57. The molecule has 0 amide bonds. The molecule has 0 radical (unpaired) electrons. The summed E-state index contributed by atoms with van der Waals surface area (Å²) in [5, 5.41) is 3.69. The van der Waals surface area contributed by atoms with Crippen LogP contribution in [0.5, 0.6) is 5.75 Å². The van der Waals surface area contributed by atoms with Crippen molar-refractivity contribution >= 4 is 22.9 Å². The molecule has 0 bridgehead atoms. The summed E-state index contributed by atoms with van der Waals surface area (Å²) in [6.07, 6.45) is 1.66. The normalized spacial score (nSPS) is 11.1. The average Bonchev–Trinajstić information content (AvgIpc) is 3.20. The molecule has 0 atom stereocenters. The Kier molecular flexibility index (Phi) is 5.33. The van der Waals surface area contributed by atoms with E-state index in [0.717, 1.165) is 35.3 Å². The summed E-state index contributed by atoms with van der Waals surface area (Å²) in [5.74, 6) is 1.64. The first kappa shape index (κ1) is 16.1. The van der Waals surface area contributed by atoms with E-state index in [1.807, 2.05) is 36.4 Å². The Morgan fingerprint density at radius 2 is 2.09 bits per heavy atom. The largest absolute Gasteiger partial charge is 0.492 e. The topological polar surface area (TPSA) is 38.5 Å². The number of likely N-dealkylation sites (N-methyl/N-ethyl adjacent to an activating group) is 1. The van der Waals surface area contributed by atoms with Crippen molar-refractivity contribution in [3.63, 3.8) is 0 Å². The van der Waals surface area contributed by atoms with Crippen molar-refractivity contribution in [3.05, 3.63) is 58.8 Å². The molecule has 0 N–H and O–H groups in total. The monoisotopic (exact) mass is 348 g/mol. The molecule has 23 heavy (non-hydrogen) atoms. The fourth-order valence-corrected chi connectivity index (χ4v) is 3.00. The number of thiazole rings is 1. The number of rotatable bonds is 7. The Bertz CT molecular complexity index is 725. The van der Waals surface area contributed by atoms with Crippen molar-refractivity contribution < 1.29 is 9.15 Å². The van der Waals surface area contributed by atoms with Crippen LogP contribution in [0.2, 0.25) is 5.02 Å². The first-order valence-electron chi connectivity index (χ1n) is 7.26. The lowest BCUT2D eigenvalue weighted by atomic mass is 10.3. The molecule has 6 heteroatoms. The Labute approximate surface area is 144 Å². The van der Waals surface area contributed by atoms with Crippen molar-refractivity contribution in [2.45, 2.75) is 6.54 Å². The van der Waals surface area contributed by atoms with Crippen molar-refractivity contribution in [2.24, 2.45) is 0 Å². The van der Waals surface area contributed by atoms with Gasteiger partial charge in [-0.05, 0) is 43.4 Å². The zero-order valence-electron chi connectivity index (χ0n) is 12.7. The first-order valence-corrected chi connectivity index (χ1v) is 8.51. The van der Waals surface area contributed by atoms with Gasteiger partial charge in [0.2, 0.25) is 0 Å². The molecule has 4 nitrogen and oxygen atoms in total. The second-order valence-electron chi connectivity index (χ2n) is 5.16. The summed E-state index contributed by atoms with van der Waals surface area (Å²) in [7, 11) is 2.05. The van der Waals surface area contributed by atoms with Crippen LogP contribution in [0.25, 0.3) is 10.8 Å². The number of furan rings is 1. The van der Waals surface area contributed by atoms with E-state index in [4.69, 9.17) is 20.8 Å². The number of hydrogen-bond donors (Lipinski definition) is 0. The molecule has 1 aromatic carbocycles. The maximum Gasteiger partial charge on any atom is 0.162 e. The highest BCUT2D eigenvalue weighted by Crippen LogP contribution is 2.24. The molecule has 0 saturated carbocycles. The number of benzene rings is 1. The number of nitrogens with zero attached hydrogens (tertiary/aromatic N) is 2. The summed E-state index contributed by atoms with van der Waals surface area (Å²) < 4.78 is 11.1. The average molecular weight is 349 g/mol. The third-order valence-corrected chi connectivity index (χ3v) is 4.43. The van der Waals surface area contributed by atoms with E-state index in [-0.39, 0.29) is 0 Å². The first-order chi connectivity index (χ1) is 11.2. The van der Waals surface area contributed by atoms with Crippen LogP contribution in [-0.2, 0) is 6.54 Å². The summed E-state index contributed by atoms with van der Waals surface area (Å²) in [6, 6.07) is 11.2. The van der Waals surface area contributed by atoms with Crippen molar-refractivity contribution in [1.29, 1.82) is 0 Å². The molecule has 120 valence electrons. The Morgan fingerprint density at radius 3 is 2.83 bits per heavy atom. The van der Waals surface area contributed by atoms with Gasteiger partial charge in [-0.2, -0.15) is 0 Å². The van der Waals surface area contributed by atoms with Gasteiger partial charge in [-0.25, -0.2) is 4.98 Å². The zero-order valence-corrected chi connectivity index (χ0v) is 14.3. The van der Waals surface area contributed by atoms with Crippen molar-refractivity contribution in [3.8, 4) is 16.5 Å². The molecule has 2 heterocycles. The molecule has 3 aromatic rings. The summed E-state index contributed by atoms with van der Waals surface area (Å²) in [5.41, 5.74) is 1.04. The minimum atomic E-state index is 0.618. The molecule has 0 fully saturated rings. The molecular formula is C17H17ClN2O2S. The third kappa shape index (κ3) is 4.58. The fourth-order valence-electron chi connectivity index (χ4n) is 2.10. The van der Waals surface area contributed by atoms with Crippen LogP contribution < -0.4 is 4.74 Å². The van der Waals surface area contributed by atoms with Crippen molar-refractivity contribution in [1.82, 2.24) is 9.88 Å². The quantitative estimate of drug-likeness (QED) is 0.627. The van der Waals surface area contributed by atoms with Gasteiger partial charge in [0.25, 0.3) is 0 Å². The van der Waals surface area contributed by atoms with Gasteiger partial charge in [0.1, 0.15) is 12.4 Å². The standard InChI is InChI=1S/C17H17ClN2O2S/c1-20(8-10-21-15-6-4-13(18)5-7-15)11-14-12-23-17(19-14)16-3-2-9-22-16/h2-7,9,12H,8,10-11H2,1H3. The van der Waals surface area contributed by atoms with Crippen LogP contribution in [0.3, 0.4) is 0 Å². The maximum atomic E-state index is 5.85. The minimum Gasteiger partial charge on any atom is -0.492 e. The summed E-state index contributed by atoms with van der Waals surface area (Å²) in [6.45, 7) is 2.21. The van der Waals surface area contributed by atoms with E-state index >= 15 is 0 Å². The molecule has 0 unspecified atom stereocenters. The molecular weight excluding hydrogens is 332 g/mol. The van der Waals surface area contributed by atoms with Gasteiger partial charge < -0.3 is 9.15 Å². The molecule has 2 aromatic heterocycles. The van der Waals surface area contributed by atoms with Gasteiger partial charge in [-0.15, -0.1) is 11.3 Å². The highest BCUT2D eigenvalue weighted by Gasteiger charge is 2.09. The molecule has 0 aliphatic heterocycles. The van der Waals surface area contributed by atoms with Gasteiger partial charge in [0.05, 0.1) is 12.0 Å². The SMILES string of the molecule is CN(CCOc1ccc(Cl)cc1)Cc1csc(-c2ccco2)n1. The number of hydrogen-bond acceptors (Lipinski definition) is 5. The third-order valence-electron chi connectivity index (χ3n) is 3.27.